The van der Waals surface area contributed by atoms with Gasteiger partial charge in [-0.2, -0.15) is 10.2 Å². The van der Waals surface area contributed by atoms with Gasteiger partial charge in [-0.3, -0.25) is 19.4 Å². The molecule has 12 nitrogen and oxygen atoms in total. The number of methoxy groups -OCH3 is 2. The van der Waals surface area contributed by atoms with E-state index in [0.717, 1.165) is 68.6 Å². The summed E-state index contributed by atoms with van der Waals surface area (Å²) in [7, 11) is 3.21. The molecule has 4 aromatic carbocycles. The van der Waals surface area contributed by atoms with E-state index in [2.05, 4.69) is 57.0 Å². The smallest absolute Gasteiger partial charge is 0.244 e. The summed E-state index contributed by atoms with van der Waals surface area (Å²) in [5.74, 6) is 1.45. The molecule has 2 fully saturated rings. The number of aromatic nitrogens is 4. The number of ether oxygens (including phenoxy) is 2. The Kier molecular flexibility index (Phi) is 16.4. The summed E-state index contributed by atoms with van der Waals surface area (Å²) in [4.78, 5) is 32.4. The van der Waals surface area contributed by atoms with Crippen molar-refractivity contribution >= 4 is 112 Å². The lowest BCUT2D eigenvalue weighted by Crippen LogP contribution is -2.49. The molecule has 2 aliphatic heterocycles. The van der Waals surface area contributed by atoms with Crippen LogP contribution in [0, 0.1) is 0 Å². The van der Waals surface area contributed by atoms with Crippen LogP contribution in [-0.4, -0.2) is 114 Å². The minimum absolute atomic E-state index is 0. The highest BCUT2D eigenvalue weighted by atomic mass is 79.9. The highest BCUT2D eigenvalue weighted by Gasteiger charge is 2.24. The van der Waals surface area contributed by atoms with Crippen LogP contribution in [0.5, 0.6) is 11.5 Å². The average Bonchev–Trinajstić information content (AvgIpc) is 3.79. The largest absolute Gasteiger partial charge is 0.495 e. The van der Waals surface area contributed by atoms with Crippen molar-refractivity contribution in [1.82, 2.24) is 29.8 Å². The van der Waals surface area contributed by atoms with Crippen molar-refractivity contribution in [2.75, 3.05) is 82.3 Å². The van der Waals surface area contributed by atoms with Crippen molar-refractivity contribution in [3.8, 4) is 11.5 Å². The van der Waals surface area contributed by atoms with E-state index < -0.39 is 0 Å². The number of nitrogens with zero attached hydrogens (tertiary/aromatic N) is 7. The number of fused-ring (bicyclic) bond motifs is 2. The first-order chi connectivity index (χ1) is 27.6. The fraction of sp³-hybridized carbons (Fsp3) is 0.317. The van der Waals surface area contributed by atoms with Gasteiger partial charge in [-0.25, -0.2) is 0 Å². The van der Waals surface area contributed by atoms with E-state index in [1.807, 2.05) is 89.8 Å². The molecule has 2 aliphatic rings. The number of hydrogen-bond donors (Lipinski definition) is 1. The van der Waals surface area contributed by atoms with Crippen LogP contribution in [0.1, 0.15) is 7.43 Å². The van der Waals surface area contributed by atoms with Gasteiger partial charge in [0.05, 0.1) is 35.3 Å². The molecule has 0 radical (unpaired) electrons. The van der Waals surface area contributed by atoms with Crippen LogP contribution < -0.4 is 19.3 Å². The van der Waals surface area contributed by atoms with Crippen LogP contribution in [0.3, 0.4) is 0 Å². The van der Waals surface area contributed by atoms with Gasteiger partial charge in [-0.1, -0.05) is 67.0 Å². The molecule has 4 heterocycles. The van der Waals surface area contributed by atoms with Crippen LogP contribution in [0.4, 0.5) is 11.4 Å². The first kappa shape index (κ1) is 44.9. The second kappa shape index (κ2) is 21.2. The zero-order valence-electron chi connectivity index (χ0n) is 31.3. The van der Waals surface area contributed by atoms with E-state index in [1.54, 1.807) is 23.8 Å². The lowest BCUT2D eigenvalue weighted by molar-refractivity contribution is -0.132. The molecular weight excluding hydrogens is 935 g/mol. The number of rotatable bonds is 7. The Morgan fingerprint density at radius 3 is 1.72 bits per heavy atom. The number of anilines is 2. The number of hydrogen-bond acceptors (Lipinski definition) is 8. The van der Waals surface area contributed by atoms with Crippen molar-refractivity contribution in [3.63, 3.8) is 0 Å². The summed E-state index contributed by atoms with van der Waals surface area (Å²) in [5.41, 5.74) is 4.05. The van der Waals surface area contributed by atoms with Gasteiger partial charge in [0.25, 0.3) is 0 Å². The molecule has 0 aliphatic carbocycles. The molecule has 0 unspecified atom stereocenters. The third-order valence-electron chi connectivity index (χ3n) is 9.69. The summed E-state index contributed by atoms with van der Waals surface area (Å²) in [6.07, 6.45) is 0. The maximum Gasteiger partial charge on any atom is 0.244 e. The predicted molar refractivity (Wildman–Crippen MR) is 242 cm³/mol. The SMILES string of the molecule is Brc1[nH]nc2ccccc12.C.COc1cc(N2CCN(C(=O)CCl)CC2)ccc1Cl.COc1cc(N2CCN(C(=O)Cn3nc(Br)c4ccccc43)CC2)ccc1Cl. The molecule has 2 aromatic heterocycles. The van der Waals surface area contributed by atoms with E-state index in [4.69, 9.17) is 44.3 Å². The zero-order chi connectivity index (χ0) is 40.5. The molecule has 2 amide bonds. The van der Waals surface area contributed by atoms with Crippen molar-refractivity contribution in [1.29, 1.82) is 0 Å². The molecule has 0 atom stereocenters. The number of nitrogens with one attached hydrogen (secondary N) is 1. The summed E-state index contributed by atoms with van der Waals surface area (Å²) in [6.45, 7) is 6.06. The second-order valence-corrected chi connectivity index (χ2v) is 15.7. The summed E-state index contributed by atoms with van der Waals surface area (Å²) in [5, 5.41) is 14.7. The first-order valence-electron chi connectivity index (χ1n) is 18.1. The lowest BCUT2D eigenvalue weighted by Gasteiger charge is -2.36. The highest BCUT2D eigenvalue weighted by molar-refractivity contribution is 9.10. The van der Waals surface area contributed by atoms with Crippen molar-refractivity contribution in [3.05, 3.63) is 104 Å². The number of amides is 2. The van der Waals surface area contributed by atoms with E-state index in [0.29, 0.717) is 47.7 Å². The Morgan fingerprint density at radius 2 is 1.21 bits per heavy atom. The lowest BCUT2D eigenvalue weighted by atomic mass is 10.2. The van der Waals surface area contributed by atoms with Crippen LogP contribution in [-0.2, 0) is 16.1 Å². The number of aromatic amines is 1. The van der Waals surface area contributed by atoms with Gasteiger partial charge < -0.3 is 29.1 Å². The quantitative estimate of drug-likeness (QED) is 0.158. The fourth-order valence-electron chi connectivity index (χ4n) is 6.56. The summed E-state index contributed by atoms with van der Waals surface area (Å²) in [6, 6.07) is 27.3. The number of para-hydroxylation sites is 2. The maximum absolute atomic E-state index is 12.8. The third-order valence-corrected chi connectivity index (χ3v) is 11.7. The topological polar surface area (TPSA) is 112 Å². The molecular formula is C41H45Br2Cl3N8O4. The van der Waals surface area contributed by atoms with Gasteiger partial charge >= 0.3 is 0 Å². The van der Waals surface area contributed by atoms with E-state index >= 15 is 0 Å². The van der Waals surface area contributed by atoms with E-state index in [-0.39, 0.29) is 31.7 Å². The number of alkyl halides is 1. The predicted octanol–water partition coefficient (Wildman–Crippen LogP) is 9.01. The summed E-state index contributed by atoms with van der Waals surface area (Å²) >= 11 is 24.5. The normalized spacial score (nSPS) is 13.9. The molecule has 6 aromatic rings. The minimum atomic E-state index is -0.00463. The monoisotopic (exact) mass is 976 g/mol. The number of piperazine rings is 2. The van der Waals surface area contributed by atoms with Crippen LogP contribution in [0.25, 0.3) is 21.8 Å². The van der Waals surface area contributed by atoms with E-state index in [9.17, 15) is 9.59 Å². The van der Waals surface area contributed by atoms with Crippen molar-refractivity contribution in [2.45, 2.75) is 14.0 Å². The number of carbonyl (C=O) groups excluding carboxylic acids is 2. The number of benzene rings is 4. The molecule has 2 saturated heterocycles. The van der Waals surface area contributed by atoms with E-state index in [1.165, 1.54) is 0 Å². The molecule has 0 spiro atoms. The first-order valence-corrected chi connectivity index (χ1v) is 21.0. The molecule has 0 saturated carbocycles. The molecule has 1 N–H and O–H groups in total. The fourth-order valence-corrected chi connectivity index (χ4v) is 8.07. The van der Waals surface area contributed by atoms with Crippen molar-refractivity contribution in [2.24, 2.45) is 0 Å². The molecule has 0 bridgehead atoms. The van der Waals surface area contributed by atoms with Crippen molar-refractivity contribution < 1.29 is 19.1 Å². The Morgan fingerprint density at radius 1 is 0.707 bits per heavy atom. The van der Waals surface area contributed by atoms with Gasteiger partial charge in [0.1, 0.15) is 33.1 Å². The summed E-state index contributed by atoms with van der Waals surface area (Å²) < 4.78 is 14.0. The average molecular weight is 980 g/mol. The third kappa shape index (κ3) is 10.9. The van der Waals surface area contributed by atoms with Crippen LogP contribution >= 0.6 is 66.7 Å². The van der Waals surface area contributed by atoms with Gasteiger partial charge in [0.15, 0.2) is 0 Å². The van der Waals surface area contributed by atoms with Gasteiger partial charge in [0.2, 0.25) is 11.8 Å². The van der Waals surface area contributed by atoms with Crippen LogP contribution in [0.2, 0.25) is 10.0 Å². The Labute approximate surface area is 370 Å². The number of H-pyrrole nitrogens is 1. The standard InChI is InChI=1S/C20H20BrClN4O2.C13H16Cl2N2O2.C7H5BrN2.CH4/c1-28-18-12-14(6-7-16(18)22)24-8-10-25(11-9-24)19(27)13-26-17-5-3-2-4-15(17)20(21)23-26;1-19-12-8-10(2-3-11(12)15)16-4-6-17(7-5-16)13(18)9-14;8-7-5-3-1-2-4-6(5)9-10-7;/h2-7,12H,8-11,13H2,1H3;2-3,8H,4-7,9H2,1H3;1-4H,(H,9,10);1H4. The van der Waals surface area contributed by atoms with Gasteiger partial charge in [-0.05, 0) is 68.3 Å². The molecule has 308 valence electrons. The minimum Gasteiger partial charge on any atom is -0.495 e. The Bertz CT molecular complexity index is 2310. The number of halogens is 5. The molecule has 58 heavy (non-hydrogen) atoms. The zero-order valence-corrected chi connectivity index (χ0v) is 36.7. The Balaban J connectivity index is 0.000000183. The van der Waals surface area contributed by atoms with Crippen LogP contribution in [0.15, 0.2) is 94.1 Å². The van der Waals surface area contributed by atoms with Gasteiger partial charge in [0, 0.05) is 86.6 Å². The Hall–Kier alpha value is -4.21. The maximum atomic E-state index is 12.8. The molecule has 8 rings (SSSR count). The molecule has 17 heteroatoms. The van der Waals surface area contributed by atoms with Gasteiger partial charge in [-0.15, -0.1) is 11.6 Å². The number of carbonyl (C=O) groups is 2. The second-order valence-electron chi connectivity index (χ2n) is 13.0. The highest BCUT2D eigenvalue weighted by Crippen LogP contribution is 2.31.